The summed E-state index contributed by atoms with van der Waals surface area (Å²) in [4.78, 5) is 6.57. The molecule has 0 bridgehead atoms. The van der Waals surface area contributed by atoms with Crippen LogP contribution in [0.2, 0.25) is 0 Å². The summed E-state index contributed by atoms with van der Waals surface area (Å²) in [6.45, 7) is 6.40. The Morgan fingerprint density at radius 3 is 3.04 bits per heavy atom. The molecule has 1 aliphatic rings. The fraction of sp³-hybridized carbons (Fsp3) is 0.632. The smallest absolute Gasteiger partial charge is 0.193 e. The van der Waals surface area contributed by atoms with Crippen molar-refractivity contribution < 1.29 is 9.47 Å². The molecule has 5 heteroatoms. The Bertz CT molecular complexity index is 513. The van der Waals surface area contributed by atoms with E-state index >= 15 is 0 Å². The molecule has 0 saturated carbocycles. The van der Waals surface area contributed by atoms with Crippen molar-refractivity contribution in [3.05, 3.63) is 29.8 Å². The summed E-state index contributed by atoms with van der Waals surface area (Å²) < 4.78 is 11.2. The molecular weight excluding hydrogens is 302 g/mol. The molecule has 0 spiro atoms. The topological polar surface area (TPSA) is 46.1 Å². The third kappa shape index (κ3) is 6.04. The van der Waals surface area contributed by atoms with Crippen molar-refractivity contribution in [1.29, 1.82) is 0 Å². The second-order valence-corrected chi connectivity index (χ2v) is 6.36. The van der Waals surface area contributed by atoms with Crippen LogP contribution in [-0.4, -0.2) is 51.3 Å². The molecule has 0 radical (unpaired) electrons. The first-order chi connectivity index (χ1) is 11.7. The second kappa shape index (κ2) is 10.2. The number of unbranched alkanes of at least 4 members (excludes halogenated alkanes) is 1. The molecule has 0 aliphatic carbocycles. The Labute approximate surface area is 146 Å². The van der Waals surface area contributed by atoms with Gasteiger partial charge in [0, 0.05) is 39.7 Å². The maximum Gasteiger partial charge on any atom is 0.193 e. The molecule has 1 aliphatic heterocycles. The van der Waals surface area contributed by atoms with E-state index in [2.05, 4.69) is 41.3 Å². The van der Waals surface area contributed by atoms with E-state index in [0.29, 0.717) is 5.92 Å². The minimum absolute atomic E-state index is 0.601. The van der Waals surface area contributed by atoms with Crippen LogP contribution in [0.4, 0.5) is 0 Å². The lowest BCUT2D eigenvalue weighted by Crippen LogP contribution is -2.41. The average Bonchev–Trinajstić information content (AvgIpc) is 3.09. The van der Waals surface area contributed by atoms with Gasteiger partial charge in [0.2, 0.25) is 0 Å². The molecule has 1 atom stereocenters. The third-order valence-corrected chi connectivity index (χ3v) is 4.25. The van der Waals surface area contributed by atoms with Crippen LogP contribution in [-0.2, 0) is 11.3 Å². The van der Waals surface area contributed by atoms with Gasteiger partial charge in [-0.1, -0.05) is 25.5 Å². The Morgan fingerprint density at radius 1 is 1.46 bits per heavy atom. The minimum atomic E-state index is 0.601. The zero-order chi connectivity index (χ0) is 17.2. The van der Waals surface area contributed by atoms with Gasteiger partial charge >= 0.3 is 0 Å². The van der Waals surface area contributed by atoms with Gasteiger partial charge in [-0.3, -0.25) is 4.99 Å². The van der Waals surface area contributed by atoms with Gasteiger partial charge in [0.15, 0.2) is 5.96 Å². The largest absolute Gasteiger partial charge is 0.494 e. The molecule has 1 fully saturated rings. The Hall–Kier alpha value is -1.75. The SMILES string of the molecule is CCCCOc1cccc(CNC(=NC)N(C)CC2CCOC2)c1. The molecular formula is C19H31N3O2. The number of aliphatic imine (C=N–C) groups is 1. The summed E-state index contributed by atoms with van der Waals surface area (Å²) in [5.74, 6) is 2.46. The molecule has 24 heavy (non-hydrogen) atoms. The van der Waals surface area contributed by atoms with E-state index in [4.69, 9.17) is 9.47 Å². The number of nitrogens with zero attached hydrogens (tertiary/aromatic N) is 2. The lowest BCUT2D eigenvalue weighted by Gasteiger charge is -2.24. The monoisotopic (exact) mass is 333 g/mol. The van der Waals surface area contributed by atoms with Crippen molar-refractivity contribution >= 4 is 5.96 Å². The third-order valence-electron chi connectivity index (χ3n) is 4.25. The lowest BCUT2D eigenvalue weighted by atomic mass is 10.1. The normalized spacial score (nSPS) is 17.8. The van der Waals surface area contributed by atoms with E-state index in [1.165, 1.54) is 5.56 Å². The first-order valence-corrected chi connectivity index (χ1v) is 8.94. The fourth-order valence-electron chi connectivity index (χ4n) is 2.85. The highest BCUT2D eigenvalue weighted by Gasteiger charge is 2.18. The second-order valence-electron chi connectivity index (χ2n) is 6.36. The zero-order valence-corrected chi connectivity index (χ0v) is 15.3. The number of ether oxygens (including phenoxy) is 2. The minimum Gasteiger partial charge on any atom is -0.494 e. The van der Waals surface area contributed by atoms with E-state index in [1.807, 2.05) is 19.2 Å². The quantitative estimate of drug-likeness (QED) is 0.451. The van der Waals surface area contributed by atoms with Gasteiger partial charge in [0.1, 0.15) is 5.75 Å². The molecule has 1 unspecified atom stereocenters. The van der Waals surface area contributed by atoms with Crippen LogP contribution in [0.15, 0.2) is 29.3 Å². The van der Waals surface area contributed by atoms with Gasteiger partial charge in [-0.05, 0) is 30.5 Å². The summed E-state index contributed by atoms with van der Waals surface area (Å²) in [7, 11) is 3.91. The van der Waals surface area contributed by atoms with Crippen molar-refractivity contribution in [3.8, 4) is 5.75 Å². The van der Waals surface area contributed by atoms with Crippen LogP contribution in [0.1, 0.15) is 31.7 Å². The Morgan fingerprint density at radius 2 is 2.33 bits per heavy atom. The van der Waals surface area contributed by atoms with Gasteiger partial charge in [0.05, 0.1) is 13.2 Å². The molecule has 1 N–H and O–H groups in total. The molecule has 5 nitrogen and oxygen atoms in total. The summed E-state index contributed by atoms with van der Waals surface area (Å²) in [5.41, 5.74) is 1.20. The number of rotatable bonds is 8. The number of hydrogen-bond donors (Lipinski definition) is 1. The van der Waals surface area contributed by atoms with Crippen LogP contribution in [0, 0.1) is 5.92 Å². The zero-order valence-electron chi connectivity index (χ0n) is 15.3. The first-order valence-electron chi connectivity index (χ1n) is 8.94. The highest BCUT2D eigenvalue weighted by Crippen LogP contribution is 2.15. The highest BCUT2D eigenvalue weighted by atomic mass is 16.5. The average molecular weight is 333 g/mol. The fourth-order valence-corrected chi connectivity index (χ4v) is 2.85. The standard InChI is InChI=1S/C19H31N3O2/c1-4-5-10-24-18-8-6-7-16(12-18)13-21-19(20-2)22(3)14-17-9-11-23-15-17/h6-8,12,17H,4-5,9-11,13-15H2,1-3H3,(H,20,21). The number of hydrogen-bond acceptors (Lipinski definition) is 3. The van der Waals surface area contributed by atoms with Crippen molar-refractivity contribution in [2.75, 3.05) is 40.5 Å². The van der Waals surface area contributed by atoms with E-state index in [-0.39, 0.29) is 0 Å². The maximum atomic E-state index is 5.77. The summed E-state index contributed by atoms with van der Waals surface area (Å²) in [6, 6.07) is 8.26. The molecule has 1 saturated heterocycles. The summed E-state index contributed by atoms with van der Waals surface area (Å²) in [6.07, 6.45) is 3.37. The van der Waals surface area contributed by atoms with Gasteiger partial charge in [0.25, 0.3) is 0 Å². The van der Waals surface area contributed by atoms with Crippen molar-refractivity contribution in [1.82, 2.24) is 10.2 Å². The van der Waals surface area contributed by atoms with E-state index in [0.717, 1.165) is 63.9 Å². The van der Waals surface area contributed by atoms with Crippen molar-refractivity contribution in [2.45, 2.75) is 32.7 Å². The Balaban J connectivity index is 1.82. The van der Waals surface area contributed by atoms with Crippen LogP contribution in [0.3, 0.4) is 0 Å². The highest BCUT2D eigenvalue weighted by molar-refractivity contribution is 5.79. The van der Waals surface area contributed by atoms with Gasteiger partial charge in [-0.15, -0.1) is 0 Å². The summed E-state index contributed by atoms with van der Waals surface area (Å²) >= 11 is 0. The number of benzene rings is 1. The number of nitrogens with one attached hydrogen (secondary N) is 1. The van der Waals surface area contributed by atoms with E-state index in [1.54, 1.807) is 0 Å². The van der Waals surface area contributed by atoms with Crippen LogP contribution in [0.25, 0.3) is 0 Å². The maximum absolute atomic E-state index is 5.77. The molecule has 2 rings (SSSR count). The molecule has 1 aromatic carbocycles. The van der Waals surface area contributed by atoms with Crippen molar-refractivity contribution in [2.24, 2.45) is 10.9 Å². The lowest BCUT2D eigenvalue weighted by molar-refractivity contribution is 0.181. The van der Waals surface area contributed by atoms with Crippen LogP contribution >= 0.6 is 0 Å². The molecule has 1 heterocycles. The molecule has 0 amide bonds. The molecule has 134 valence electrons. The predicted octanol–water partition coefficient (Wildman–Crippen LogP) is 2.91. The van der Waals surface area contributed by atoms with Crippen LogP contribution < -0.4 is 10.1 Å². The predicted molar refractivity (Wildman–Crippen MR) is 98.6 cm³/mol. The summed E-state index contributed by atoms with van der Waals surface area (Å²) in [5, 5.41) is 3.43. The number of guanidine groups is 1. The Kier molecular flexibility index (Phi) is 7.89. The first kappa shape index (κ1) is 18.6. The molecule has 1 aromatic rings. The van der Waals surface area contributed by atoms with Crippen LogP contribution in [0.5, 0.6) is 5.75 Å². The van der Waals surface area contributed by atoms with E-state index < -0.39 is 0 Å². The molecule has 0 aromatic heterocycles. The van der Waals surface area contributed by atoms with Gasteiger partial charge < -0.3 is 19.7 Å². The van der Waals surface area contributed by atoms with Gasteiger partial charge in [-0.25, -0.2) is 0 Å². The van der Waals surface area contributed by atoms with Gasteiger partial charge in [-0.2, -0.15) is 0 Å². The van der Waals surface area contributed by atoms with Crippen molar-refractivity contribution in [3.63, 3.8) is 0 Å². The van der Waals surface area contributed by atoms with E-state index in [9.17, 15) is 0 Å².